The van der Waals surface area contributed by atoms with Crippen molar-refractivity contribution < 1.29 is 13.9 Å². The Labute approximate surface area is 137 Å². The van der Waals surface area contributed by atoms with Crippen molar-refractivity contribution in [3.05, 3.63) is 17.3 Å². The van der Waals surface area contributed by atoms with Gasteiger partial charge in [-0.2, -0.15) is 0 Å². The number of hydrogen-bond acceptors (Lipinski definition) is 5. The van der Waals surface area contributed by atoms with Crippen LogP contribution >= 0.6 is 0 Å². The van der Waals surface area contributed by atoms with Gasteiger partial charge in [-0.3, -0.25) is 9.79 Å². The van der Waals surface area contributed by atoms with Crippen molar-refractivity contribution in [2.45, 2.75) is 40.2 Å². The first-order valence-electron chi connectivity index (χ1n) is 8.10. The predicted molar refractivity (Wildman–Crippen MR) is 87.1 cm³/mol. The van der Waals surface area contributed by atoms with Crippen LogP contribution in [0.15, 0.2) is 9.41 Å². The zero-order valence-corrected chi connectivity index (χ0v) is 14.4. The van der Waals surface area contributed by atoms with Gasteiger partial charge in [0.2, 0.25) is 5.89 Å². The van der Waals surface area contributed by atoms with Gasteiger partial charge in [0, 0.05) is 20.1 Å². The number of aryl methyl sites for hydroxylation is 2. The number of guanidine groups is 1. The Morgan fingerprint density at radius 3 is 2.91 bits per heavy atom. The van der Waals surface area contributed by atoms with Crippen LogP contribution in [0.1, 0.15) is 37.1 Å². The van der Waals surface area contributed by atoms with Crippen molar-refractivity contribution >= 4 is 11.9 Å². The highest BCUT2D eigenvalue weighted by molar-refractivity contribution is 5.81. The van der Waals surface area contributed by atoms with E-state index >= 15 is 0 Å². The molecule has 1 aliphatic rings. The number of carbonyl (C=O) groups is 1. The summed E-state index contributed by atoms with van der Waals surface area (Å²) in [4.78, 5) is 22.7. The molecule has 128 valence electrons. The van der Waals surface area contributed by atoms with E-state index in [-0.39, 0.29) is 11.9 Å². The quantitative estimate of drug-likeness (QED) is 0.516. The van der Waals surface area contributed by atoms with Gasteiger partial charge >= 0.3 is 5.97 Å². The molecule has 7 heteroatoms. The maximum atomic E-state index is 11.9. The summed E-state index contributed by atoms with van der Waals surface area (Å²) in [6.07, 6.45) is 1.81. The molecule has 7 nitrogen and oxygen atoms in total. The average Bonchev–Trinajstić information content (AvgIpc) is 2.87. The lowest BCUT2D eigenvalue weighted by atomic mass is 9.98. The van der Waals surface area contributed by atoms with Crippen LogP contribution in [0, 0.1) is 19.8 Å². The van der Waals surface area contributed by atoms with Gasteiger partial charge in [-0.25, -0.2) is 4.98 Å². The van der Waals surface area contributed by atoms with Crippen molar-refractivity contribution in [3.8, 4) is 0 Å². The fraction of sp³-hybridized carbons (Fsp3) is 0.688. The molecule has 1 fully saturated rings. The smallest absolute Gasteiger partial charge is 0.310 e. The number of aromatic nitrogens is 1. The molecule has 2 rings (SSSR count). The summed E-state index contributed by atoms with van der Waals surface area (Å²) >= 11 is 0. The zero-order valence-electron chi connectivity index (χ0n) is 14.4. The Hall–Kier alpha value is -2.05. The summed E-state index contributed by atoms with van der Waals surface area (Å²) in [6, 6.07) is 0. The maximum Gasteiger partial charge on any atom is 0.310 e. The van der Waals surface area contributed by atoms with Crippen LogP contribution in [-0.4, -0.2) is 48.6 Å². The van der Waals surface area contributed by atoms with Crippen LogP contribution in [0.4, 0.5) is 0 Å². The highest BCUT2D eigenvalue weighted by Crippen LogP contribution is 2.18. The minimum atomic E-state index is -0.119. The van der Waals surface area contributed by atoms with Crippen molar-refractivity contribution in [2.75, 3.05) is 26.7 Å². The normalized spacial score (nSPS) is 18.9. The second-order valence-electron chi connectivity index (χ2n) is 5.69. The Morgan fingerprint density at radius 2 is 2.30 bits per heavy atom. The van der Waals surface area contributed by atoms with Gasteiger partial charge in [0.1, 0.15) is 5.76 Å². The highest BCUT2D eigenvalue weighted by Gasteiger charge is 2.28. The van der Waals surface area contributed by atoms with Crippen LogP contribution in [0.3, 0.4) is 0 Å². The molecule has 1 aliphatic heterocycles. The molecule has 0 spiro atoms. The minimum absolute atomic E-state index is 0.0894. The number of likely N-dealkylation sites (tertiary alicyclic amines) is 1. The van der Waals surface area contributed by atoms with Crippen LogP contribution in [0.25, 0.3) is 0 Å². The lowest BCUT2D eigenvalue weighted by Gasteiger charge is -2.33. The van der Waals surface area contributed by atoms with Crippen LogP contribution < -0.4 is 5.32 Å². The van der Waals surface area contributed by atoms with Gasteiger partial charge in [-0.1, -0.05) is 0 Å². The molecule has 1 unspecified atom stereocenters. The molecule has 0 radical (unpaired) electrons. The molecule has 0 aromatic carbocycles. The summed E-state index contributed by atoms with van der Waals surface area (Å²) < 4.78 is 10.7. The second-order valence-corrected chi connectivity index (χ2v) is 5.69. The van der Waals surface area contributed by atoms with Gasteiger partial charge in [0.15, 0.2) is 5.96 Å². The number of aliphatic imine (C=N–C) groups is 1. The SMILES string of the molecule is CCOC(=O)C1CCCN(C(=NC)NCc2nc(C)c(C)o2)C1. The topological polar surface area (TPSA) is 80.0 Å². The number of esters is 1. The Morgan fingerprint density at radius 1 is 1.52 bits per heavy atom. The van der Waals surface area contributed by atoms with Crippen LogP contribution in [0.5, 0.6) is 0 Å². The zero-order chi connectivity index (χ0) is 16.8. The summed E-state index contributed by atoms with van der Waals surface area (Å²) in [6.45, 7) is 8.05. The number of rotatable bonds is 4. The average molecular weight is 322 g/mol. The fourth-order valence-electron chi connectivity index (χ4n) is 2.72. The van der Waals surface area contributed by atoms with E-state index in [0.29, 0.717) is 25.6 Å². The van der Waals surface area contributed by atoms with Gasteiger partial charge in [-0.05, 0) is 33.6 Å². The first-order chi connectivity index (χ1) is 11.0. The van der Waals surface area contributed by atoms with E-state index in [0.717, 1.165) is 36.8 Å². The standard InChI is InChI=1S/C16H26N4O3/c1-5-22-15(21)13-7-6-8-20(10-13)16(17-4)18-9-14-19-11(2)12(3)23-14/h13H,5-10H2,1-4H3,(H,17,18). The third-order valence-corrected chi connectivity index (χ3v) is 4.02. The van der Waals surface area contributed by atoms with E-state index in [1.807, 2.05) is 20.8 Å². The number of ether oxygens (including phenoxy) is 1. The molecule has 0 amide bonds. The molecule has 23 heavy (non-hydrogen) atoms. The molecular formula is C16H26N4O3. The second kappa shape index (κ2) is 7.99. The number of nitrogens with zero attached hydrogens (tertiary/aromatic N) is 3. The highest BCUT2D eigenvalue weighted by atomic mass is 16.5. The van der Waals surface area contributed by atoms with Crippen molar-refractivity contribution in [3.63, 3.8) is 0 Å². The minimum Gasteiger partial charge on any atom is -0.466 e. The summed E-state index contributed by atoms with van der Waals surface area (Å²) in [5.41, 5.74) is 0.900. The lowest BCUT2D eigenvalue weighted by Crippen LogP contribution is -2.48. The van der Waals surface area contributed by atoms with E-state index in [9.17, 15) is 4.79 Å². The first kappa shape index (κ1) is 17.3. The fourth-order valence-corrected chi connectivity index (χ4v) is 2.72. The van der Waals surface area contributed by atoms with Crippen LogP contribution in [0.2, 0.25) is 0 Å². The van der Waals surface area contributed by atoms with Gasteiger partial charge in [-0.15, -0.1) is 0 Å². The number of nitrogens with one attached hydrogen (secondary N) is 1. The summed E-state index contributed by atoms with van der Waals surface area (Å²) in [5.74, 6) is 2.02. The van der Waals surface area contributed by atoms with Gasteiger partial charge in [0.05, 0.1) is 24.8 Å². The Kier molecular flexibility index (Phi) is 6.01. The molecule has 1 aromatic rings. The van der Waals surface area contributed by atoms with Crippen molar-refractivity contribution in [1.82, 2.24) is 15.2 Å². The molecule has 0 saturated carbocycles. The van der Waals surface area contributed by atoms with E-state index in [2.05, 4.69) is 20.2 Å². The Bertz CT molecular complexity index is 548. The van der Waals surface area contributed by atoms with E-state index in [4.69, 9.17) is 9.15 Å². The number of oxazole rings is 1. The molecule has 1 aromatic heterocycles. The van der Waals surface area contributed by atoms with E-state index < -0.39 is 0 Å². The third kappa shape index (κ3) is 4.46. The first-order valence-corrected chi connectivity index (χ1v) is 8.10. The molecule has 0 bridgehead atoms. The number of hydrogen-bond donors (Lipinski definition) is 1. The lowest BCUT2D eigenvalue weighted by molar-refractivity contribution is -0.149. The maximum absolute atomic E-state index is 11.9. The van der Waals surface area contributed by atoms with Gasteiger partial charge < -0.3 is 19.4 Å². The van der Waals surface area contributed by atoms with Crippen molar-refractivity contribution in [2.24, 2.45) is 10.9 Å². The molecule has 2 heterocycles. The molecule has 1 N–H and O–H groups in total. The summed E-state index contributed by atoms with van der Waals surface area (Å²) in [7, 11) is 1.74. The van der Waals surface area contributed by atoms with Crippen molar-refractivity contribution in [1.29, 1.82) is 0 Å². The number of piperidine rings is 1. The summed E-state index contributed by atoms with van der Waals surface area (Å²) in [5, 5.41) is 3.26. The predicted octanol–water partition coefficient (Wildman–Crippen LogP) is 1.64. The molecule has 1 saturated heterocycles. The van der Waals surface area contributed by atoms with Gasteiger partial charge in [0.25, 0.3) is 0 Å². The Balaban J connectivity index is 1.93. The van der Waals surface area contributed by atoms with Crippen LogP contribution in [-0.2, 0) is 16.1 Å². The number of carbonyl (C=O) groups excluding carboxylic acids is 1. The van der Waals surface area contributed by atoms with E-state index in [1.54, 1.807) is 7.05 Å². The molecular weight excluding hydrogens is 296 g/mol. The molecule has 1 atom stereocenters. The molecule has 0 aliphatic carbocycles. The third-order valence-electron chi connectivity index (χ3n) is 4.02. The van der Waals surface area contributed by atoms with E-state index in [1.165, 1.54) is 0 Å². The largest absolute Gasteiger partial charge is 0.466 e. The monoisotopic (exact) mass is 322 g/mol.